The molecule has 0 atom stereocenters. The molecule has 0 spiro atoms. The van der Waals surface area contributed by atoms with Crippen LogP contribution in [-0.4, -0.2) is 50.8 Å². The minimum absolute atomic E-state index is 0.0879. The van der Waals surface area contributed by atoms with Crippen molar-refractivity contribution in [3.63, 3.8) is 0 Å². The number of nitrogens with one attached hydrogen (secondary N) is 1. The topological polar surface area (TPSA) is 87.5 Å². The Morgan fingerprint density at radius 1 is 1.25 bits per heavy atom. The third kappa shape index (κ3) is 4.56. The molecule has 4 rings (SSSR count). The quantitative estimate of drug-likeness (QED) is 0.752. The number of ether oxygens (including phenoxy) is 2. The molecule has 1 N–H and O–H groups in total. The maximum atomic E-state index is 13.4. The van der Waals surface area contributed by atoms with Gasteiger partial charge < -0.3 is 19.7 Å². The largest absolute Gasteiger partial charge is 0.497 e. The summed E-state index contributed by atoms with van der Waals surface area (Å²) in [6, 6.07) is 13.7. The molecule has 32 heavy (non-hydrogen) atoms. The molecule has 0 aliphatic carbocycles. The molecule has 1 aromatic heterocycles. The fourth-order valence-electron chi connectivity index (χ4n) is 4.77. The monoisotopic (exact) mass is 434 g/mol. The van der Waals surface area contributed by atoms with Gasteiger partial charge in [-0.25, -0.2) is 4.98 Å². The van der Waals surface area contributed by atoms with E-state index in [4.69, 9.17) is 9.47 Å². The lowest BCUT2D eigenvalue weighted by Crippen LogP contribution is -2.49. The van der Waals surface area contributed by atoms with Crippen LogP contribution in [0.4, 0.5) is 5.82 Å². The summed E-state index contributed by atoms with van der Waals surface area (Å²) < 4.78 is 10.8. The van der Waals surface area contributed by atoms with Crippen molar-refractivity contribution in [2.75, 3.05) is 44.9 Å². The Hall–Kier alpha value is -3.11. The number of rotatable bonds is 6. The number of piperidine rings is 1. The summed E-state index contributed by atoms with van der Waals surface area (Å²) in [5.41, 5.74) is 1.08. The lowest BCUT2D eigenvalue weighted by molar-refractivity contribution is -0.130. The summed E-state index contributed by atoms with van der Waals surface area (Å²) in [7, 11) is 1.65. The van der Waals surface area contributed by atoms with Crippen LogP contribution < -0.4 is 15.0 Å². The summed E-state index contributed by atoms with van der Waals surface area (Å²) in [5, 5.41) is 12.6. The van der Waals surface area contributed by atoms with Gasteiger partial charge in [-0.05, 0) is 61.4 Å². The van der Waals surface area contributed by atoms with Gasteiger partial charge in [0.15, 0.2) is 0 Å². The Morgan fingerprint density at radius 2 is 1.97 bits per heavy atom. The first kappa shape index (κ1) is 22.1. The van der Waals surface area contributed by atoms with E-state index in [9.17, 15) is 10.1 Å². The van der Waals surface area contributed by atoms with Gasteiger partial charge in [0.1, 0.15) is 17.6 Å². The standard InChI is InChI=1S/C25H30N4O3/c1-31-22-6-4-21(5-7-22)25(10-15-32-16-11-25)24(30)28-18-19-8-13-29(14-9-19)23-20(17-26)3-2-12-27-23/h2-7,12,19H,8-11,13-16,18H2,1H3,(H,28,30). The van der Waals surface area contributed by atoms with Crippen LogP contribution in [0.2, 0.25) is 0 Å². The van der Waals surface area contributed by atoms with Crippen molar-refractivity contribution < 1.29 is 14.3 Å². The van der Waals surface area contributed by atoms with Crippen molar-refractivity contribution in [2.45, 2.75) is 31.1 Å². The molecule has 2 saturated heterocycles. The summed E-state index contributed by atoms with van der Waals surface area (Å²) in [6.45, 7) is 3.51. The molecule has 2 aromatic rings. The number of anilines is 1. The molecule has 168 valence electrons. The molecule has 2 aliphatic heterocycles. The number of carbonyl (C=O) groups excluding carboxylic acids is 1. The number of methoxy groups -OCH3 is 1. The smallest absolute Gasteiger partial charge is 0.230 e. The van der Waals surface area contributed by atoms with Gasteiger partial charge in [0.2, 0.25) is 5.91 Å². The Labute approximate surface area is 189 Å². The number of amides is 1. The van der Waals surface area contributed by atoms with Crippen LogP contribution in [0.3, 0.4) is 0 Å². The van der Waals surface area contributed by atoms with Crippen LogP contribution in [0.25, 0.3) is 0 Å². The average Bonchev–Trinajstić information content (AvgIpc) is 2.88. The van der Waals surface area contributed by atoms with Crippen molar-refractivity contribution in [1.82, 2.24) is 10.3 Å². The van der Waals surface area contributed by atoms with Gasteiger partial charge in [-0.3, -0.25) is 4.79 Å². The first-order valence-electron chi connectivity index (χ1n) is 11.3. The van der Waals surface area contributed by atoms with Crippen LogP contribution in [-0.2, 0) is 14.9 Å². The van der Waals surface area contributed by atoms with Crippen LogP contribution in [0.1, 0.15) is 36.8 Å². The maximum absolute atomic E-state index is 13.4. The van der Waals surface area contributed by atoms with Crippen molar-refractivity contribution in [1.29, 1.82) is 5.26 Å². The fourth-order valence-corrected chi connectivity index (χ4v) is 4.77. The second-order valence-corrected chi connectivity index (χ2v) is 8.55. The summed E-state index contributed by atoms with van der Waals surface area (Å²) in [5.74, 6) is 2.05. The second-order valence-electron chi connectivity index (χ2n) is 8.55. The summed E-state index contributed by atoms with van der Waals surface area (Å²) >= 11 is 0. The number of nitriles is 1. The Kier molecular flexibility index (Phi) is 6.91. The molecule has 0 saturated carbocycles. The summed E-state index contributed by atoms with van der Waals surface area (Å²) in [4.78, 5) is 20.0. The van der Waals surface area contributed by atoms with Crippen molar-refractivity contribution in [3.8, 4) is 11.8 Å². The highest BCUT2D eigenvalue weighted by Gasteiger charge is 2.41. The zero-order valence-corrected chi connectivity index (χ0v) is 18.5. The number of nitrogens with zero attached hydrogens (tertiary/aromatic N) is 3. The average molecular weight is 435 g/mol. The van der Waals surface area contributed by atoms with Gasteiger partial charge in [-0.15, -0.1) is 0 Å². The molecule has 1 amide bonds. The van der Waals surface area contributed by atoms with Gasteiger partial charge in [0.25, 0.3) is 0 Å². The minimum atomic E-state index is -0.555. The van der Waals surface area contributed by atoms with Crippen molar-refractivity contribution in [3.05, 3.63) is 53.7 Å². The highest BCUT2D eigenvalue weighted by Crippen LogP contribution is 2.36. The third-order valence-corrected chi connectivity index (χ3v) is 6.80. The van der Waals surface area contributed by atoms with Crippen LogP contribution in [0.5, 0.6) is 5.75 Å². The number of pyridine rings is 1. The Balaban J connectivity index is 1.37. The van der Waals surface area contributed by atoms with Gasteiger partial charge in [0, 0.05) is 39.0 Å². The molecule has 0 unspecified atom stereocenters. The van der Waals surface area contributed by atoms with E-state index in [1.165, 1.54) is 0 Å². The van der Waals surface area contributed by atoms with E-state index in [1.54, 1.807) is 25.4 Å². The Bertz CT molecular complexity index is 956. The molecule has 3 heterocycles. The number of hydrogen-bond donors (Lipinski definition) is 1. The summed E-state index contributed by atoms with van der Waals surface area (Å²) in [6.07, 6.45) is 5.01. The molecular weight excluding hydrogens is 404 g/mol. The van der Waals surface area contributed by atoms with Crippen molar-refractivity contribution >= 4 is 11.7 Å². The van der Waals surface area contributed by atoms with E-state index in [1.807, 2.05) is 24.3 Å². The SMILES string of the molecule is COc1ccc(C2(C(=O)NCC3CCN(c4ncccc4C#N)CC3)CCOCC2)cc1. The molecule has 2 fully saturated rings. The predicted octanol–water partition coefficient (Wildman–Crippen LogP) is 3.04. The van der Waals surface area contributed by atoms with Gasteiger partial charge in [0.05, 0.1) is 18.1 Å². The molecule has 7 heteroatoms. The van der Waals surface area contributed by atoms with E-state index < -0.39 is 5.41 Å². The third-order valence-electron chi connectivity index (χ3n) is 6.80. The Morgan fingerprint density at radius 3 is 2.62 bits per heavy atom. The minimum Gasteiger partial charge on any atom is -0.497 e. The van der Waals surface area contributed by atoms with Gasteiger partial charge in [-0.1, -0.05) is 12.1 Å². The van der Waals surface area contributed by atoms with Gasteiger partial charge >= 0.3 is 0 Å². The van der Waals surface area contributed by atoms with Crippen LogP contribution >= 0.6 is 0 Å². The van der Waals surface area contributed by atoms with E-state index in [0.29, 0.717) is 44.1 Å². The maximum Gasteiger partial charge on any atom is 0.230 e. The highest BCUT2D eigenvalue weighted by molar-refractivity contribution is 5.88. The first-order chi connectivity index (χ1) is 15.7. The van der Waals surface area contributed by atoms with E-state index in [0.717, 1.165) is 43.1 Å². The number of benzene rings is 1. The lowest BCUT2D eigenvalue weighted by atomic mass is 9.73. The molecule has 2 aliphatic rings. The lowest BCUT2D eigenvalue weighted by Gasteiger charge is -2.37. The number of hydrogen-bond acceptors (Lipinski definition) is 6. The molecular formula is C25H30N4O3. The van der Waals surface area contributed by atoms with E-state index in [2.05, 4.69) is 21.3 Å². The number of aromatic nitrogens is 1. The number of carbonyl (C=O) groups is 1. The zero-order valence-electron chi connectivity index (χ0n) is 18.5. The predicted molar refractivity (Wildman–Crippen MR) is 122 cm³/mol. The van der Waals surface area contributed by atoms with Crippen LogP contribution in [0.15, 0.2) is 42.6 Å². The second kappa shape index (κ2) is 10.0. The molecule has 7 nitrogen and oxygen atoms in total. The zero-order chi connectivity index (χ0) is 22.4. The molecule has 0 bridgehead atoms. The van der Waals surface area contributed by atoms with Gasteiger partial charge in [-0.2, -0.15) is 5.26 Å². The first-order valence-corrected chi connectivity index (χ1v) is 11.3. The van der Waals surface area contributed by atoms with Crippen LogP contribution in [0, 0.1) is 17.2 Å². The van der Waals surface area contributed by atoms with E-state index >= 15 is 0 Å². The van der Waals surface area contributed by atoms with E-state index in [-0.39, 0.29) is 5.91 Å². The highest BCUT2D eigenvalue weighted by atomic mass is 16.5. The molecule has 0 radical (unpaired) electrons. The fraction of sp³-hybridized carbons (Fsp3) is 0.480. The van der Waals surface area contributed by atoms with Crippen molar-refractivity contribution in [2.24, 2.45) is 5.92 Å². The molecule has 1 aromatic carbocycles. The normalized spacial score (nSPS) is 18.6.